The molecule has 1 saturated carbocycles. The Labute approximate surface area is 192 Å². The topological polar surface area (TPSA) is 72.3 Å². The third-order valence-corrected chi connectivity index (χ3v) is 7.29. The summed E-state index contributed by atoms with van der Waals surface area (Å²) in [4.78, 5) is 24.4. The minimum absolute atomic E-state index is 0.0194. The zero-order valence-electron chi connectivity index (χ0n) is 18.8. The fourth-order valence-corrected chi connectivity index (χ4v) is 5.51. The zero-order chi connectivity index (χ0) is 22.5. The summed E-state index contributed by atoms with van der Waals surface area (Å²) in [7, 11) is 0. The molecule has 2 aliphatic rings. The summed E-state index contributed by atoms with van der Waals surface area (Å²) in [6, 6.07) is 4.16. The Morgan fingerprint density at radius 2 is 2.28 bits per heavy atom. The lowest BCUT2D eigenvalue weighted by Gasteiger charge is -2.60. The van der Waals surface area contributed by atoms with Crippen molar-refractivity contribution in [2.24, 2.45) is 5.92 Å². The molecule has 7 nitrogen and oxygen atoms in total. The van der Waals surface area contributed by atoms with Crippen LogP contribution in [0, 0.1) is 12.8 Å². The Morgan fingerprint density at radius 1 is 1.47 bits per heavy atom. The Balaban J connectivity index is 1.41. The van der Waals surface area contributed by atoms with Crippen LogP contribution in [0.25, 0.3) is 10.9 Å². The molecule has 1 aliphatic heterocycles. The maximum absolute atomic E-state index is 12.1. The van der Waals surface area contributed by atoms with Gasteiger partial charge in [0.1, 0.15) is 11.9 Å². The predicted octanol–water partition coefficient (Wildman–Crippen LogP) is 4.90. The van der Waals surface area contributed by atoms with Gasteiger partial charge in [-0.3, -0.25) is 4.79 Å². The highest BCUT2D eigenvalue weighted by atomic mass is 32.1. The number of nitrogens with zero attached hydrogens (tertiary/aromatic N) is 4. The first-order valence-corrected chi connectivity index (χ1v) is 12.0. The number of likely N-dealkylation sites (tertiary alicyclic amines) is 1. The van der Waals surface area contributed by atoms with Crippen molar-refractivity contribution in [3.05, 3.63) is 42.1 Å². The van der Waals surface area contributed by atoms with Crippen molar-refractivity contribution in [2.75, 3.05) is 11.9 Å². The van der Waals surface area contributed by atoms with Crippen LogP contribution in [0.3, 0.4) is 0 Å². The second-order valence-corrected chi connectivity index (χ2v) is 10.6. The molecule has 1 amide bonds. The lowest BCUT2D eigenvalue weighted by molar-refractivity contribution is -0.162. The predicted molar refractivity (Wildman–Crippen MR) is 128 cm³/mol. The van der Waals surface area contributed by atoms with Crippen LogP contribution in [-0.2, 0) is 11.3 Å². The van der Waals surface area contributed by atoms with Crippen molar-refractivity contribution in [3.63, 3.8) is 0 Å². The summed E-state index contributed by atoms with van der Waals surface area (Å²) in [6.07, 6.45) is 8.13. The van der Waals surface area contributed by atoms with Crippen molar-refractivity contribution < 1.29 is 9.53 Å². The van der Waals surface area contributed by atoms with E-state index in [9.17, 15) is 4.79 Å². The van der Waals surface area contributed by atoms with Crippen molar-refractivity contribution in [3.8, 4) is 5.88 Å². The standard InChI is InChI=1S/C24H29N5O2S/c1-5-21(30)29-9-7-24(29)11-17(12-24)31-22-18-6-8-28(14-15(2)3)19(18)10-20(26-22)27-23-25-13-16(4)32-23/h5-6,8,10,13,15,17H,1,7,9,11-12,14H2,2-4H3,(H,25,26,27). The average Bonchev–Trinajstić information content (AvgIpc) is 3.29. The van der Waals surface area contributed by atoms with Gasteiger partial charge in [0, 0.05) is 49.3 Å². The molecule has 3 aromatic heterocycles. The maximum Gasteiger partial charge on any atom is 0.246 e. The van der Waals surface area contributed by atoms with E-state index < -0.39 is 0 Å². The number of carbonyl (C=O) groups excluding carboxylic acids is 1. The smallest absolute Gasteiger partial charge is 0.246 e. The number of ether oxygens (including phenoxy) is 1. The van der Waals surface area contributed by atoms with Gasteiger partial charge in [0.25, 0.3) is 0 Å². The normalized spacial score (nSPS) is 22.1. The molecule has 3 aromatic rings. The number of hydrogen-bond donors (Lipinski definition) is 1. The van der Waals surface area contributed by atoms with Crippen molar-refractivity contribution in [2.45, 2.75) is 58.2 Å². The molecule has 4 heterocycles. The highest BCUT2D eigenvalue weighted by Crippen LogP contribution is 2.49. The third-order valence-electron chi connectivity index (χ3n) is 6.46. The molecule has 1 saturated heterocycles. The van der Waals surface area contributed by atoms with Gasteiger partial charge in [-0.15, -0.1) is 11.3 Å². The monoisotopic (exact) mass is 451 g/mol. The summed E-state index contributed by atoms with van der Waals surface area (Å²) in [5.41, 5.74) is 1.05. The van der Waals surface area contributed by atoms with E-state index in [1.807, 2.05) is 18.0 Å². The molecule has 0 atom stereocenters. The molecule has 32 heavy (non-hydrogen) atoms. The molecule has 0 unspecified atom stereocenters. The Morgan fingerprint density at radius 3 is 2.91 bits per heavy atom. The van der Waals surface area contributed by atoms with Crippen LogP contribution in [0.1, 0.15) is 38.0 Å². The van der Waals surface area contributed by atoms with E-state index >= 15 is 0 Å². The van der Waals surface area contributed by atoms with E-state index in [0.29, 0.717) is 11.8 Å². The van der Waals surface area contributed by atoms with Crippen LogP contribution in [0.15, 0.2) is 37.2 Å². The minimum Gasteiger partial charge on any atom is -0.474 e. The summed E-state index contributed by atoms with van der Waals surface area (Å²) < 4.78 is 8.67. The highest BCUT2D eigenvalue weighted by molar-refractivity contribution is 7.15. The number of pyridine rings is 1. The van der Waals surface area contributed by atoms with E-state index in [4.69, 9.17) is 9.72 Å². The van der Waals surface area contributed by atoms with E-state index in [0.717, 1.165) is 59.1 Å². The molecular weight excluding hydrogens is 422 g/mol. The third kappa shape index (κ3) is 3.66. The largest absolute Gasteiger partial charge is 0.474 e. The van der Waals surface area contributed by atoms with Crippen LogP contribution in [0.4, 0.5) is 10.9 Å². The number of anilines is 2. The Hall–Kier alpha value is -2.87. The maximum atomic E-state index is 12.1. The van der Waals surface area contributed by atoms with Gasteiger partial charge < -0.3 is 19.5 Å². The second-order valence-electron chi connectivity index (χ2n) is 9.32. The van der Waals surface area contributed by atoms with Crippen molar-refractivity contribution in [1.29, 1.82) is 0 Å². The van der Waals surface area contributed by atoms with Gasteiger partial charge in [-0.1, -0.05) is 20.4 Å². The number of amides is 1. The van der Waals surface area contributed by atoms with Crippen molar-refractivity contribution in [1.82, 2.24) is 19.4 Å². The summed E-state index contributed by atoms with van der Waals surface area (Å²) in [5.74, 6) is 1.92. The fraction of sp³-hybridized carbons (Fsp3) is 0.458. The Bertz CT molecular complexity index is 1170. The van der Waals surface area contributed by atoms with Crippen LogP contribution in [0.2, 0.25) is 0 Å². The molecule has 8 heteroatoms. The molecular formula is C24H29N5O2S. The van der Waals surface area contributed by atoms with Crippen LogP contribution in [-0.4, -0.2) is 43.5 Å². The number of carbonyl (C=O) groups is 1. The fourth-order valence-electron chi connectivity index (χ4n) is 4.83. The minimum atomic E-state index is -0.0487. The lowest BCUT2D eigenvalue weighted by atomic mass is 9.66. The van der Waals surface area contributed by atoms with E-state index in [1.165, 1.54) is 6.08 Å². The second kappa shape index (κ2) is 7.92. The van der Waals surface area contributed by atoms with Crippen LogP contribution in [0.5, 0.6) is 5.88 Å². The molecule has 168 valence electrons. The van der Waals surface area contributed by atoms with Crippen LogP contribution < -0.4 is 10.1 Å². The number of nitrogens with one attached hydrogen (secondary N) is 1. The molecule has 5 rings (SSSR count). The average molecular weight is 452 g/mol. The summed E-state index contributed by atoms with van der Waals surface area (Å²) in [6.45, 7) is 11.8. The highest BCUT2D eigenvalue weighted by Gasteiger charge is 2.56. The quantitative estimate of drug-likeness (QED) is 0.517. The van der Waals surface area contributed by atoms with Crippen molar-refractivity contribution >= 4 is 39.1 Å². The van der Waals surface area contributed by atoms with Gasteiger partial charge in [0.05, 0.1) is 16.4 Å². The van der Waals surface area contributed by atoms with E-state index in [1.54, 1.807) is 11.3 Å². The van der Waals surface area contributed by atoms with Gasteiger partial charge in [-0.2, -0.15) is 4.98 Å². The molecule has 0 radical (unpaired) electrons. The first kappa shape index (κ1) is 21.0. The molecule has 1 aliphatic carbocycles. The summed E-state index contributed by atoms with van der Waals surface area (Å²) in [5, 5.41) is 5.18. The number of aromatic nitrogens is 3. The van der Waals surface area contributed by atoms with Gasteiger partial charge in [-0.25, -0.2) is 4.98 Å². The SMILES string of the molecule is C=CC(=O)N1CCC12CC(Oc1nc(Nc3ncc(C)s3)cc3c1ccn3CC(C)C)C2. The Kier molecular flexibility index (Phi) is 5.20. The summed E-state index contributed by atoms with van der Waals surface area (Å²) >= 11 is 1.60. The first-order valence-electron chi connectivity index (χ1n) is 11.2. The number of fused-ring (bicyclic) bond motifs is 1. The number of aryl methyl sites for hydroxylation is 1. The number of thiazole rings is 1. The molecule has 1 N–H and O–H groups in total. The van der Waals surface area contributed by atoms with E-state index in [2.05, 4.69) is 53.6 Å². The first-order chi connectivity index (χ1) is 15.4. The number of rotatable bonds is 7. The van der Waals surface area contributed by atoms with Crippen LogP contribution >= 0.6 is 11.3 Å². The molecule has 1 spiro atoms. The van der Waals surface area contributed by atoms with Gasteiger partial charge in [0.2, 0.25) is 11.8 Å². The zero-order valence-corrected chi connectivity index (χ0v) is 19.6. The molecule has 0 bridgehead atoms. The van der Waals surface area contributed by atoms with Gasteiger partial charge >= 0.3 is 0 Å². The van der Waals surface area contributed by atoms with Gasteiger partial charge in [0.15, 0.2) is 5.13 Å². The van der Waals surface area contributed by atoms with Gasteiger partial charge in [-0.05, 0) is 31.4 Å². The molecule has 0 aromatic carbocycles. The van der Waals surface area contributed by atoms with E-state index in [-0.39, 0.29) is 17.6 Å². The lowest BCUT2D eigenvalue weighted by Crippen LogP contribution is -2.70. The number of hydrogen-bond acceptors (Lipinski definition) is 6. The molecule has 2 fully saturated rings.